The highest BCUT2D eigenvalue weighted by Gasteiger charge is 2.30. The molecule has 1 N–H and O–H groups in total. The van der Waals surface area contributed by atoms with E-state index in [1.165, 1.54) is 6.42 Å². The van der Waals surface area contributed by atoms with E-state index in [0.717, 1.165) is 32.1 Å². The van der Waals surface area contributed by atoms with Crippen LogP contribution in [-0.4, -0.2) is 47.3 Å². The van der Waals surface area contributed by atoms with Gasteiger partial charge < -0.3 is 10.2 Å². The Bertz CT molecular complexity index is 394. The van der Waals surface area contributed by atoms with Crippen molar-refractivity contribution in [1.82, 2.24) is 20.0 Å². The van der Waals surface area contributed by atoms with Crippen LogP contribution in [0.5, 0.6) is 0 Å². The van der Waals surface area contributed by atoms with Gasteiger partial charge in [0.25, 0.3) is 0 Å². The van der Waals surface area contributed by atoms with E-state index in [9.17, 15) is 0 Å². The summed E-state index contributed by atoms with van der Waals surface area (Å²) in [6.07, 6.45) is 5.01. The normalized spacial score (nSPS) is 19.3. The molecule has 100 valence electrons. The van der Waals surface area contributed by atoms with Gasteiger partial charge in [0.05, 0.1) is 6.54 Å². The Kier molecular flexibility index (Phi) is 3.89. The zero-order chi connectivity index (χ0) is 13.0. The second-order valence-electron chi connectivity index (χ2n) is 5.58. The van der Waals surface area contributed by atoms with E-state index in [4.69, 9.17) is 0 Å². The van der Waals surface area contributed by atoms with Crippen molar-refractivity contribution in [3.05, 3.63) is 18.5 Å². The highest BCUT2D eigenvalue weighted by atomic mass is 15.3. The molecule has 2 heterocycles. The van der Waals surface area contributed by atoms with Gasteiger partial charge >= 0.3 is 0 Å². The van der Waals surface area contributed by atoms with Crippen molar-refractivity contribution in [3.63, 3.8) is 0 Å². The first-order valence-corrected chi connectivity index (χ1v) is 6.54. The van der Waals surface area contributed by atoms with Crippen molar-refractivity contribution >= 4 is 5.96 Å². The molecule has 5 nitrogen and oxygen atoms in total. The van der Waals surface area contributed by atoms with Gasteiger partial charge in [-0.15, -0.1) is 0 Å². The number of hydrogen-bond acceptors (Lipinski definition) is 2. The number of likely N-dealkylation sites (tertiary alicyclic amines) is 1. The first-order chi connectivity index (χ1) is 8.61. The molecular weight excluding hydrogens is 226 g/mol. The van der Waals surface area contributed by atoms with E-state index >= 15 is 0 Å². The summed E-state index contributed by atoms with van der Waals surface area (Å²) in [5, 5.41) is 7.59. The Morgan fingerprint density at radius 2 is 2.33 bits per heavy atom. The summed E-state index contributed by atoms with van der Waals surface area (Å²) in [6, 6.07) is 1.94. The molecule has 2 rings (SSSR count). The number of rotatable bonds is 3. The van der Waals surface area contributed by atoms with E-state index in [1.54, 1.807) is 6.20 Å². The van der Waals surface area contributed by atoms with Gasteiger partial charge in [0.1, 0.15) is 0 Å². The Morgan fingerprint density at radius 1 is 1.50 bits per heavy atom. The Labute approximate surface area is 109 Å². The quantitative estimate of drug-likeness (QED) is 0.646. The van der Waals surface area contributed by atoms with Crippen molar-refractivity contribution in [2.75, 3.05) is 26.7 Å². The average molecular weight is 249 g/mol. The molecule has 0 amide bonds. The molecule has 0 saturated carbocycles. The van der Waals surface area contributed by atoms with Crippen molar-refractivity contribution in [3.8, 4) is 0 Å². The molecule has 1 saturated heterocycles. The van der Waals surface area contributed by atoms with Crippen LogP contribution in [0.15, 0.2) is 23.5 Å². The zero-order valence-corrected chi connectivity index (χ0v) is 11.6. The smallest absolute Gasteiger partial charge is 0.193 e. The lowest BCUT2D eigenvalue weighted by atomic mass is 9.93. The van der Waals surface area contributed by atoms with Gasteiger partial charge in [0.2, 0.25) is 0 Å². The van der Waals surface area contributed by atoms with E-state index in [2.05, 4.69) is 34.2 Å². The zero-order valence-electron chi connectivity index (χ0n) is 11.6. The van der Waals surface area contributed by atoms with Gasteiger partial charge in [-0.1, -0.05) is 13.8 Å². The number of hydrogen-bond donors (Lipinski definition) is 1. The van der Waals surface area contributed by atoms with Crippen molar-refractivity contribution in [1.29, 1.82) is 0 Å². The maximum Gasteiger partial charge on any atom is 0.193 e. The monoisotopic (exact) mass is 249 g/mol. The predicted octanol–water partition coefficient (Wildman–Crippen LogP) is 1.19. The number of aromatic nitrogens is 2. The highest BCUT2D eigenvalue weighted by Crippen LogP contribution is 2.28. The van der Waals surface area contributed by atoms with Crippen molar-refractivity contribution < 1.29 is 0 Å². The van der Waals surface area contributed by atoms with Crippen LogP contribution in [0.1, 0.15) is 20.3 Å². The minimum Gasteiger partial charge on any atom is -0.354 e. The second-order valence-corrected chi connectivity index (χ2v) is 5.58. The summed E-state index contributed by atoms with van der Waals surface area (Å²) in [5.41, 5.74) is 0.402. The van der Waals surface area contributed by atoms with Gasteiger partial charge in [-0.2, -0.15) is 5.10 Å². The third kappa shape index (κ3) is 3.24. The number of nitrogens with one attached hydrogen (secondary N) is 1. The first-order valence-electron chi connectivity index (χ1n) is 6.54. The van der Waals surface area contributed by atoms with Gasteiger partial charge in [-0.25, -0.2) is 0 Å². The molecule has 1 aliphatic heterocycles. The molecule has 1 fully saturated rings. The summed E-state index contributed by atoms with van der Waals surface area (Å²) in [7, 11) is 1.85. The molecule has 1 aromatic heterocycles. The highest BCUT2D eigenvalue weighted by molar-refractivity contribution is 5.80. The lowest BCUT2D eigenvalue weighted by Crippen LogP contribution is -2.41. The number of aliphatic imine (C=N–C) groups is 1. The minimum absolute atomic E-state index is 0.402. The fraction of sp³-hybridized carbons (Fsp3) is 0.692. The van der Waals surface area contributed by atoms with E-state index in [0.29, 0.717) is 5.41 Å². The average Bonchev–Trinajstić information content (AvgIpc) is 2.94. The molecule has 0 spiro atoms. The largest absolute Gasteiger partial charge is 0.354 e. The first kappa shape index (κ1) is 12.9. The van der Waals surface area contributed by atoms with Gasteiger partial charge in [0.15, 0.2) is 5.96 Å². The van der Waals surface area contributed by atoms with E-state index < -0.39 is 0 Å². The lowest BCUT2D eigenvalue weighted by molar-refractivity contribution is 0.369. The van der Waals surface area contributed by atoms with Crippen LogP contribution < -0.4 is 5.32 Å². The fourth-order valence-corrected chi connectivity index (χ4v) is 2.34. The molecule has 1 aromatic rings. The summed E-state index contributed by atoms with van der Waals surface area (Å²) < 4.78 is 1.92. The topological polar surface area (TPSA) is 45.5 Å². The maximum absolute atomic E-state index is 4.36. The third-order valence-corrected chi connectivity index (χ3v) is 3.37. The van der Waals surface area contributed by atoms with Gasteiger partial charge in [0, 0.05) is 39.1 Å². The standard InChI is InChI=1S/C13H23N5/c1-13(2)5-9-17(11-13)12(14-3)15-7-10-18-8-4-6-16-18/h4,6,8H,5,7,9-11H2,1-3H3,(H,14,15). The summed E-state index contributed by atoms with van der Waals surface area (Å²) >= 11 is 0. The van der Waals surface area contributed by atoms with Crippen LogP contribution in [0.25, 0.3) is 0 Å². The maximum atomic E-state index is 4.36. The molecule has 0 bridgehead atoms. The molecule has 0 atom stereocenters. The minimum atomic E-state index is 0.402. The van der Waals surface area contributed by atoms with Crippen LogP contribution >= 0.6 is 0 Å². The van der Waals surface area contributed by atoms with Crippen LogP contribution in [0.2, 0.25) is 0 Å². The summed E-state index contributed by atoms with van der Waals surface area (Å²) in [4.78, 5) is 6.69. The van der Waals surface area contributed by atoms with Crippen molar-refractivity contribution in [2.24, 2.45) is 10.4 Å². The van der Waals surface area contributed by atoms with Crippen LogP contribution in [0.4, 0.5) is 0 Å². The third-order valence-electron chi connectivity index (χ3n) is 3.37. The molecule has 0 aliphatic carbocycles. The lowest BCUT2D eigenvalue weighted by Gasteiger charge is -2.23. The molecule has 5 heteroatoms. The number of nitrogens with zero attached hydrogens (tertiary/aromatic N) is 4. The Hall–Kier alpha value is -1.52. The fourth-order valence-electron chi connectivity index (χ4n) is 2.34. The van der Waals surface area contributed by atoms with Gasteiger partial charge in [-0.3, -0.25) is 9.67 Å². The summed E-state index contributed by atoms with van der Waals surface area (Å²) in [6.45, 7) is 8.51. The number of guanidine groups is 1. The Balaban J connectivity index is 1.80. The Morgan fingerprint density at radius 3 is 2.89 bits per heavy atom. The second kappa shape index (κ2) is 5.42. The van der Waals surface area contributed by atoms with E-state index in [-0.39, 0.29) is 0 Å². The predicted molar refractivity (Wildman–Crippen MR) is 73.6 cm³/mol. The molecule has 1 aliphatic rings. The molecule has 18 heavy (non-hydrogen) atoms. The molecule has 0 aromatic carbocycles. The van der Waals surface area contributed by atoms with Crippen LogP contribution in [0, 0.1) is 5.41 Å². The van der Waals surface area contributed by atoms with Gasteiger partial charge in [-0.05, 0) is 17.9 Å². The van der Waals surface area contributed by atoms with Crippen molar-refractivity contribution in [2.45, 2.75) is 26.8 Å². The van der Waals surface area contributed by atoms with E-state index in [1.807, 2.05) is 24.0 Å². The molecule has 0 radical (unpaired) electrons. The van der Waals surface area contributed by atoms with Crippen LogP contribution in [-0.2, 0) is 6.54 Å². The molecular formula is C13H23N5. The SMILES string of the molecule is CN=C(NCCn1cccn1)N1CCC(C)(C)C1. The van der Waals surface area contributed by atoms with Crippen LogP contribution in [0.3, 0.4) is 0 Å². The molecule has 0 unspecified atom stereocenters. The summed E-state index contributed by atoms with van der Waals surface area (Å²) in [5.74, 6) is 1.01.